The number of hydrogen-bond acceptors (Lipinski definition) is 1. The number of nitrogens with one attached hydrogen (secondary N) is 1. The highest BCUT2D eigenvalue weighted by Gasteiger charge is 2.35. The molecule has 2 saturated carbocycles. The predicted molar refractivity (Wildman–Crippen MR) is 79.9 cm³/mol. The topological polar surface area (TPSA) is 12.0 Å². The maximum absolute atomic E-state index is 3.77. The highest BCUT2D eigenvalue weighted by molar-refractivity contribution is 9.10. The molecule has 1 N–H and O–H groups in total. The van der Waals surface area contributed by atoms with Gasteiger partial charge >= 0.3 is 0 Å². The lowest BCUT2D eigenvalue weighted by Crippen LogP contribution is -2.40. The third-order valence-corrected chi connectivity index (χ3v) is 5.05. The van der Waals surface area contributed by atoms with Crippen molar-refractivity contribution in [3.63, 3.8) is 0 Å². The van der Waals surface area contributed by atoms with Gasteiger partial charge < -0.3 is 5.32 Å². The summed E-state index contributed by atoms with van der Waals surface area (Å²) in [5, 5.41) is 3.77. The molecule has 0 atom stereocenters. The molecule has 2 aliphatic rings. The molecule has 0 aliphatic heterocycles. The van der Waals surface area contributed by atoms with Crippen LogP contribution >= 0.6 is 15.9 Å². The van der Waals surface area contributed by atoms with Crippen molar-refractivity contribution in [1.82, 2.24) is 5.32 Å². The lowest BCUT2D eigenvalue weighted by Gasteiger charge is -2.38. The van der Waals surface area contributed by atoms with Crippen LogP contribution in [0.2, 0.25) is 0 Å². The van der Waals surface area contributed by atoms with E-state index >= 15 is 0 Å². The normalized spacial score (nSPS) is 22.9. The molecule has 98 valence electrons. The van der Waals surface area contributed by atoms with E-state index in [1.165, 1.54) is 61.5 Å². The van der Waals surface area contributed by atoms with Crippen LogP contribution in [0.4, 0.5) is 0 Å². The molecule has 1 nitrogen and oxygen atoms in total. The first-order valence-corrected chi connectivity index (χ1v) is 8.07. The van der Waals surface area contributed by atoms with Gasteiger partial charge in [-0.2, -0.15) is 0 Å². The van der Waals surface area contributed by atoms with Gasteiger partial charge in [0.25, 0.3) is 0 Å². The van der Waals surface area contributed by atoms with Crippen molar-refractivity contribution in [2.24, 2.45) is 0 Å². The summed E-state index contributed by atoms with van der Waals surface area (Å²) in [6.45, 7) is 1.17. The van der Waals surface area contributed by atoms with E-state index in [0.717, 1.165) is 6.04 Å². The number of hydrogen-bond donors (Lipinski definition) is 1. The van der Waals surface area contributed by atoms with E-state index in [1.807, 2.05) is 0 Å². The Labute approximate surface area is 118 Å². The zero-order valence-corrected chi connectivity index (χ0v) is 12.5. The Morgan fingerprint density at radius 1 is 1.17 bits per heavy atom. The minimum absolute atomic E-state index is 0.393. The lowest BCUT2D eigenvalue weighted by molar-refractivity contribution is 0.279. The summed E-state index contributed by atoms with van der Waals surface area (Å²) < 4.78 is 1.22. The predicted octanol–water partition coefficient (Wildman–Crippen LogP) is 4.40. The van der Waals surface area contributed by atoms with Gasteiger partial charge in [-0.05, 0) is 43.4 Å². The van der Waals surface area contributed by atoms with Crippen LogP contribution in [-0.4, -0.2) is 12.6 Å². The lowest BCUT2D eigenvalue weighted by atomic mass is 9.69. The number of rotatable bonds is 4. The van der Waals surface area contributed by atoms with E-state index in [9.17, 15) is 0 Å². The Hall–Kier alpha value is -0.340. The quantitative estimate of drug-likeness (QED) is 0.869. The molecule has 1 aromatic rings. The maximum atomic E-state index is 3.77. The Kier molecular flexibility index (Phi) is 3.76. The van der Waals surface area contributed by atoms with E-state index in [4.69, 9.17) is 0 Å². The minimum Gasteiger partial charge on any atom is -0.313 e. The van der Waals surface area contributed by atoms with Crippen LogP contribution in [-0.2, 0) is 5.41 Å². The van der Waals surface area contributed by atoms with Gasteiger partial charge in [0, 0.05) is 22.5 Å². The molecule has 0 unspecified atom stereocenters. The molecule has 0 radical (unpaired) electrons. The third kappa shape index (κ3) is 2.80. The van der Waals surface area contributed by atoms with E-state index < -0.39 is 0 Å². The third-order valence-electron chi connectivity index (χ3n) is 4.55. The van der Waals surface area contributed by atoms with Crippen LogP contribution in [0.5, 0.6) is 0 Å². The fourth-order valence-electron chi connectivity index (χ4n) is 3.24. The average molecular weight is 308 g/mol. The molecule has 2 fully saturated rings. The van der Waals surface area contributed by atoms with Crippen LogP contribution in [0, 0.1) is 0 Å². The van der Waals surface area contributed by atoms with E-state index in [2.05, 4.69) is 45.5 Å². The Morgan fingerprint density at radius 3 is 2.61 bits per heavy atom. The molecule has 0 saturated heterocycles. The summed E-state index contributed by atoms with van der Waals surface area (Å²) in [5.74, 6) is 0. The van der Waals surface area contributed by atoms with Gasteiger partial charge in [0.05, 0.1) is 0 Å². The highest BCUT2D eigenvalue weighted by atomic mass is 79.9. The van der Waals surface area contributed by atoms with Crippen molar-refractivity contribution in [2.75, 3.05) is 6.54 Å². The SMILES string of the molecule is Brc1cccc(C2(CNC3CC3)CCCCC2)c1. The molecule has 0 spiro atoms. The van der Waals surface area contributed by atoms with Crippen LogP contribution in [0.15, 0.2) is 28.7 Å². The molecule has 3 rings (SSSR count). The standard InChI is InChI=1S/C16H22BrN/c17-14-6-4-5-13(11-14)16(9-2-1-3-10-16)12-18-15-7-8-15/h4-6,11,15,18H,1-3,7-10,12H2. The second kappa shape index (κ2) is 5.34. The Bertz CT molecular complexity index is 405. The van der Waals surface area contributed by atoms with Crippen molar-refractivity contribution in [1.29, 1.82) is 0 Å². The zero-order chi connectivity index (χ0) is 12.4. The summed E-state index contributed by atoms with van der Waals surface area (Å²) in [4.78, 5) is 0. The molecule has 1 aromatic carbocycles. The second-order valence-corrected chi connectivity index (χ2v) is 6.92. The zero-order valence-electron chi connectivity index (χ0n) is 10.9. The summed E-state index contributed by atoms with van der Waals surface area (Å²) in [6.07, 6.45) is 9.66. The van der Waals surface area contributed by atoms with Gasteiger partial charge in [0.2, 0.25) is 0 Å². The monoisotopic (exact) mass is 307 g/mol. The molecule has 0 heterocycles. The summed E-state index contributed by atoms with van der Waals surface area (Å²) in [7, 11) is 0. The van der Waals surface area contributed by atoms with Crippen molar-refractivity contribution >= 4 is 15.9 Å². The fraction of sp³-hybridized carbons (Fsp3) is 0.625. The molecule has 2 heteroatoms. The van der Waals surface area contributed by atoms with Gasteiger partial charge in [0.15, 0.2) is 0 Å². The summed E-state index contributed by atoms with van der Waals surface area (Å²) in [6, 6.07) is 9.79. The molecular weight excluding hydrogens is 286 g/mol. The van der Waals surface area contributed by atoms with Crippen molar-refractivity contribution in [3.8, 4) is 0 Å². The molecule has 0 amide bonds. The van der Waals surface area contributed by atoms with Crippen LogP contribution in [0.1, 0.15) is 50.5 Å². The van der Waals surface area contributed by atoms with Crippen LogP contribution < -0.4 is 5.32 Å². The van der Waals surface area contributed by atoms with Crippen LogP contribution in [0.3, 0.4) is 0 Å². The summed E-state index contributed by atoms with van der Waals surface area (Å²) in [5.41, 5.74) is 1.93. The van der Waals surface area contributed by atoms with E-state index in [0.29, 0.717) is 5.41 Å². The minimum atomic E-state index is 0.393. The molecule has 2 aliphatic carbocycles. The molecule has 0 bridgehead atoms. The number of benzene rings is 1. The van der Waals surface area contributed by atoms with Gasteiger partial charge in [0.1, 0.15) is 0 Å². The van der Waals surface area contributed by atoms with Gasteiger partial charge in [-0.25, -0.2) is 0 Å². The average Bonchev–Trinajstić information content (AvgIpc) is 3.22. The molecular formula is C16H22BrN. The number of halogens is 1. The van der Waals surface area contributed by atoms with E-state index in [-0.39, 0.29) is 0 Å². The van der Waals surface area contributed by atoms with Crippen LogP contribution in [0.25, 0.3) is 0 Å². The van der Waals surface area contributed by atoms with Gasteiger partial charge in [-0.3, -0.25) is 0 Å². The van der Waals surface area contributed by atoms with Gasteiger partial charge in [-0.1, -0.05) is 47.3 Å². The highest BCUT2D eigenvalue weighted by Crippen LogP contribution is 2.40. The Morgan fingerprint density at radius 2 is 1.94 bits per heavy atom. The first-order chi connectivity index (χ1) is 8.78. The Balaban J connectivity index is 1.82. The largest absolute Gasteiger partial charge is 0.313 e. The maximum Gasteiger partial charge on any atom is 0.0178 e. The van der Waals surface area contributed by atoms with Crippen molar-refractivity contribution in [3.05, 3.63) is 34.3 Å². The first kappa shape index (κ1) is 12.7. The second-order valence-electron chi connectivity index (χ2n) is 6.01. The van der Waals surface area contributed by atoms with Crippen molar-refractivity contribution < 1.29 is 0 Å². The first-order valence-electron chi connectivity index (χ1n) is 7.28. The van der Waals surface area contributed by atoms with Gasteiger partial charge in [-0.15, -0.1) is 0 Å². The van der Waals surface area contributed by atoms with E-state index in [1.54, 1.807) is 0 Å². The fourth-order valence-corrected chi connectivity index (χ4v) is 3.64. The molecule has 0 aromatic heterocycles. The summed E-state index contributed by atoms with van der Waals surface area (Å²) >= 11 is 3.62. The smallest absolute Gasteiger partial charge is 0.0178 e. The molecule has 18 heavy (non-hydrogen) atoms. The van der Waals surface area contributed by atoms with Crippen molar-refractivity contribution in [2.45, 2.75) is 56.4 Å².